The maximum absolute atomic E-state index is 12.8. The Hall–Kier alpha value is -3.16. The van der Waals surface area contributed by atoms with E-state index in [1.807, 2.05) is 38.2 Å². The summed E-state index contributed by atoms with van der Waals surface area (Å²) in [5.74, 6) is 0. The van der Waals surface area contributed by atoms with Crippen LogP contribution in [0.5, 0.6) is 0 Å². The zero-order valence-corrected chi connectivity index (χ0v) is 14.0. The molecule has 8 heteroatoms. The van der Waals surface area contributed by atoms with Gasteiger partial charge >= 0.3 is 11.7 Å². The minimum Gasteiger partial charge on any atom is -0.372 e. The number of likely N-dealkylation sites (N-methyl/N-ethyl adjacent to an activating group) is 1. The molecule has 0 aliphatic carbocycles. The molecule has 0 bridgehead atoms. The van der Waals surface area contributed by atoms with Gasteiger partial charge in [-0.3, -0.25) is 15.1 Å². The summed E-state index contributed by atoms with van der Waals surface area (Å²) in [6, 6.07) is 8.92. The number of benzene rings is 1. The largest absolute Gasteiger partial charge is 0.372 e. The smallest absolute Gasteiger partial charge is 0.322 e. The molecule has 8 nitrogen and oxygen atoms in total. The summed E-state index contributed by atoms with van der Waals surface area (Å²) in [6.07, 6.45) is 2.54. The van der Waals surface area contributed by atoms with Crippen molar-refractivity contribution >= 4 is 23.1 Å². The van der Waals surface area contributed by atoms with Gasteiger partial charge in [-0.25, -0.2) is 4.79 Å². The maximum Gasteiger partial charge on any atom is 0.322 e. The molecular formula is C17H19N5O3. The lowest BCUT2D eigenvalue weighted by Gasteiger charge is -2.28. The monoisotopic (exact) mass is 341 g/mol. The number of rotatable bonds is 2. The van der Waals surface area contributed by atoms with E-state index >= 15 is 0 Å². The van der Waals surface area contributed by atoms with Crippen molar-refractivity contribution < 1.29 is 9.72 Å². The minimum atomic E-state index is -0.558. The summed E-state index contributed by atoms with van der Waals surface area (Å²) >= 11 is 0. The van der Waals surface area contributed by atoms with Crippen LogP contribution in [0.1, 0.15) is 12.5 Å². The van der Waals surface area contributed by atoms with E-state index in [1.165, 1.54) is 12.3 Å². The molecule has 1 N–H and O–H groups in total. The molecule has 1 atom stereocenters. The van der Waals surface area contributed by atoms with Gasteiger partial charge in [0.25, 0.3) is 0 Å². The van der Waals surface area contributed by atoms with Gasteiger partial charge in [0, 0.05) is 38.1 Å². The molecule has 1 unspecified atom stereocenters. The van der Waals surface area contributed by atoms with Gasteiger partial charge in [0.2, 0.25) is 0 Å². The average molecular weight is 341 g/mol. The molecule has 1 aliphatic rings. The first kappa shape index (κ1) is 16.7. The van der Waals surface area contributed by atoms with Crippen LogP contribution in [-0.4, -0.2) is 40.5 Å². The van der Waals surface area contributed by atoms with Gasteiger partial charge < -0.3 is 15.1 Å². The number of pyridine rings is 1. The van der Waals surface area contributed by atoms with Crippen LogP contribution in [0.2, 0.25) is 0 Å². The quantitative estimate of drug-likeness (QED) is 0.670. The second-order valence-corrected chi connectivity index (χ2v) is 6.07. The average Bonchev–Trinajstić information content (AvgIpc) is 2.72. The number of fused-ring (bicyclic) bond motifs is 1. The summed E-state index contributed by atoms with van der Waals surface area (Å²) in [7, 11) is 1.99. The van der Waals surface area contributed by atoms with Gasteiger partial charge in [0.1, 0.15) is 11.9 Å². The number of nitrogens with one attached hydrogen (secondary N) is 1. The van der Waals surface area contributed by atoms with Crippen LogP contribution >= 0.6 is 0 Å². The van der Waals surface area contributed by atoms with E-state index in [1.54, 1.807) is 4.90 Å². The summed E-state index contributed by atoms with van der Waals surface area (Å²) in [6.45, 7) is 3.07. The Bertz CT molecular complexity index is 810. The lowest BCUT2D eigenvalue weighted by atomic mass is 10.1. The third-order valence-electron chi connectivity index (χ3n) is 4.31. The molecule has 0 radical (unpaired) electrons. The molecule has 2 heterocycles. The topological polar surface area (TPSA) is 91.6 Å². The minimum absolute atomic E-state index is 0.0571. The van der Waals surface area contributed by atoms with Crippen molar-refractivity contribution in [2.75, 3.05) is 23.8 Å². The van der Waals surface area contributed by atoms with E-state index < -0.39 is 4.92 Å². The Morgan fingerprint density at radius 3 is 2.88 bits per heavy atom. The van der Waals surface area contributed by atoms with Crippen molar-refractivity contribution in [3.8, 4) is 0 Å². The van der Waals surface area contributed by atoms with Crippen molar-refractivity contribution in [1.29, 1.82) is 0 Å². The Morgan fingerprint density at radius 2 is 2.12 bits per heavy atom. The second-order valence-electron chi connectivity index (χ2n) is 6.07. The highest BCUT2D eigenvalue weighted by Crippen LogP contribution is 2.27. The first-order valence-corrected chi connectivity index (χ1v) is 7.92. The highest BCUT2D eigenvalue weighted by Gasteiger charge is 2.28. The number of aromatic nitrogens is 1. The predicted octanol–water partition coefficient (Wildman–Crippen LogP) is 2.86. The molecule has 1 aromatic heterocycles. The van der Waals surface area contributed by atoms with Crippen molar-refractivity contribution in [3.63, 3.8) is 0 Å². The van der Waals surface area contributed by atoms with E-state index in [0.29, 0.717) is 13.1 Å². The number of anilines is 2. The van der Waals surface area contributed by atoms with Gasteiger partial charge in [0.15, 0.2) is 0 Å². The molecule has 0 fully saturated rings. The Kier molecular flexibility index (Phi) is 4.51. The molecule has 1 aromatic carbocycles. The van der Waals surface area contributed by atoms with E-state index in [0.717, 1.165) is 17.4 Å². The molecule has 1 aliphatic heterocycles. The molecule has 0 spiro atoms. The van der Waals surface area contributed by atoms with Gasteiger partial charge in [-0.2, -0.15) is 0 Å². The fourth-order valence-corrected chi connectivity index (χ4v) is 3.05. The Balaban J connectivity index is 1.86. The number of hydrogen-bond donors (Lipinski definition) is 1. The van der Waals surface area contributed by atoms with Gasteiger partial charge in [0.05, 0.1) is 4.92 Å². The molecule has 130 valence electrons. The first-order chi connectivity index (χ1) is 12.0. The first-order valence-electron chi connectivity index (χ1n) is 7.92. The number of hydrogen-bond acceptors (Lipinski definition) is 5. The lowest BCUT2D eigenvalue weighted by Crippen LogP contribution is -2.44. The Labute approximate surface area is 145 Å². The van der Waals surface area contributed by atoms with Crippen LogP contribution in [0.25, 0.3) is 0 Å². The SMILES string of the molecule is CC1CN(C)c2ccccc2CN1C(=O)Nc1ccncc1[N+](=O)[O-]. The van der Waals surface area contributed by atoms with Crippen LogP contribution in [0.3, 0.4) is 0 Å². The number of urea groups is 1. The van der Waals surface area contributed by atoms with Crippen molar-refractivity contribution in [3.05, 3.63) is 58.4 Å². The van der Waals surface area contributed by atoms with Crippen LogP contribution in [-0.2, 0) is 6.54 Å². The van der Waals surface area contributed by atoms with Gasteiger partial charge in [-0.15, -0.1) is 0 Å². The van der Waals surface area contributed by atoms with E-state index in [2.05, 4.69) is 15.2 Å². The number of nitrogens with zero attached hydrogens (tertiary/aromatic N) is 4. The number of amides is 2. The zero-order valence-electron chi connectivity index (χ0n) is 14.0. The number of carbonyl (C=O) groups is 1. The van der Waals surface area contributed by atoms with Crippen LogP contribution < -0.4 is 10.2 Å². The number of nitro groups is 1. The van der Waals surface area contributed by atoms with Gasteiger partial charge in [-0.05, 0) is 24.6 Å². The molecule has 3 rings (SSSR count). The summed E-state index contributed by atoms with van der Waals surface area (Å²) in [5, 5.41) is 13.8. The second kappa shape index (κ2) is 6.76. The number of para-hydroxylation sites is 1. The lowest BCUT2D eigenvalue weighted by molar-refractivity contribution is -0.384. The normalized spacial score (nSPS) is 16.8. The summed E-state index contributed by atoms with van der Waals surface area (Å²) in [4.78, 5) is 30.9. The molecule has 0 saturated heterocycles. The fourth-order valence-electron chi connectivity index (χ4n) is 3.05. The van der Waals surface area contributed by atoms with Crippen molar-refractivity contribution in [1.82, 2.24) is 9.88 Å². The third-order valence-corrected chi connectivity index (χ3v) is 4.31. The highest BCUT2D eigenvalue weighted by molar-refractivity contribution is 5.92. The Morgan fingerprint density at radius 1 is 1.36 bits per heavy atom. The van der Waals surface area contributed by atoms with Crippen LogP contribution in [0, 0.1) is 10.1 Å². The fraction of sp³-hybridized carbons (Fsp3) is 0.294. The maximum atomic E-state index is 12.8. The number of carbonyl (C=O) groups excluding carboxylic acids is 1. The molecular weight excluding hydrogens is 322 g/mol. The molecule has 25 heavy (non-hydrogen) atoms. The standard InChI is InChI=1S/C17H19N5O3/c1-12-10-20(2)15-6-4-3-5-13(15)11-21(12)17(23)19-14-7-8-18-9-16(14)22(24)25/h3-9,12H,10-11H2,1-2H3,(H,18,19,23). The van der Waals surface area contributed by atoms with E-state index in [9.17, 15) is 14.9 Å². The van der Waals surface area contributed by atoms with Crippen LogP contribution in [0.4, 0.5) is 21.9 Å². The zero-order chi connectivity index (χ0) is 18.0. The van der Waals surface area contributed by atoms with Gasteiger partial charge in [-0.1, -0.05) is 18.2 Å². The summed E-state index contributed by atoms with van der Waals surface area (Å²) < 4.78 is 0. The van der Waals surface area contributed by atoms with Crippen LogP contribution in [0.15, 0.2) is 42.7 Å². The molecule has 2 aromatic rings. The molecule has 2 amide bonds. The van der Waals surface area contributed by atoms with E-state index in [-0.39, 0.29) is 23.4 Å². The van der Waals surface area contributed by atoms with Crippen molar-refractivity contribution in [2.45, 2.75) is 19.5 Å². The molecule has 0 saturated carbocycles. The predicted molar refractivity (Wildman–Crippen MR) is 94.6 cm³/mol. The summed E-state index contributed by atoms with van der Waals surface area (Å²) in [5.41, 5.74) is 2.03. The van der Waals surface area contributed by atoms with Crippen molar-refractivity contribution in [2.24, 2.45) is 0 Å². The third kappa shape index (κ3) is 3.37. The highest BCUT2D eigenvalue weighted by atomic mass is 16.6. The van der Waals surface area contributed by atoms with E-state index in [4.69, 9.17) is 0 Å².